The highest BCUT2D eigenvalue weighted by molar-refractivity contribution is 5.93. The summed E-state index contributed by atoms with van der Waals surface area (Å²) in [6.07, 6.45) is 6.96. The summed E-state index contributed by atoms with van der Waals surface area (Å²) in [6.45, 7) is 4.97. The topological polar surface area (TPSA) is 78.4 Å². The molecule has 1 amide bonds. The molecule has 1 saturated heterocycles. The van der Waals surface area contributed by atoms with Gasteiger partial charge in [-0.3, -0.25) is 24.9 Å². The predicted octanol–water partition coefficient (Wildman–Crippen LogP) is 4.68. The molecule has 31 heavy (non-hydrogen) atoms. The highest BCUT2D eigenvalue weighted by Crippen LogP contribution is 2.43. The minimum Gasteiger partial charge on any atom is -0.288 e. The van der Waals surface area contributed by atoms with Gasteiger partial charge in [0.1, 0.15) is 0 Å². The number of benzene rings is 1. The molecule has 0 bridgehead atoms. The van der Waals surface area contributed by atoms with E-state index < -0.39 is 5.91 Å². The molecule has 0 saturated carbocycles. The first kappa shape index (κ1) is 21.2. The molecule has 1 aliphatic rings. The molecular weight excluding hydrogens is 388 g/mol. The van der Waals surface area contributed by atoms with Crippen molar-refractivity contribution in [1.82, 2.24) is 20.3 Å². The molecule has 6 nitrogen and oxygen atoms in total. The molecule has 0 radical (unpaired) electrons. The van der Waals surface area contributed by atoms with Crippen molar-refractivity contribution >= 4 is 5.91 Å². The Morgan fingerprint density at radius 1 is 0.968 bits per heavy atom. The van der Waals surface area contributed by atoms with Gasteiger partial charge in [-0.2, -0.15) is 0 Å². The first-order valence-electron chi connectivity index (χ1n) is 10.7. The monoisotopic (exact) mass is 416 g/mol. The smallest absolute Gasteiger partial charge is 0.274 e. The zero-order chi connectivity index (χ0) is 21.8. The van der Waals surface area contributed by atoms with Gasteiger partial charge >= 0.3 is 0 Å². The SMILES string of the molecule is Cc1cccnc1[C@H]1CCC[C@@H](c2ncccc2C)N1Cc1ccc(C(=O)NO)cc1. The van der Waals surface area contributed by atoms with Gasteiger partial charge < -0.3 is 0 Å². The van der Waals surface area contributed by atoms with Crippen molar-refractivity contribution < 1.29 is 10.0 Å². The molecular formula is C25H28N4O2. The van der Waals surface area contributed by atoms with Gasteiger partial charge in [-0.25, -0.2) is 5.48 Å². The number of amides is 1. The molecule has 1 aromatic carbocycles. The minimum atomic E-state index is -0.506. The first-order chi connectivity index (χ1) is 15.1. The van der Waals surface area contributed by atoms with Crippen molar-refractivity contribution in [1.29, 1.82) is 0 Å². The average Bonchev–Trinajstić information content (AvgIpc) is 2.80. The second-order valence-electron chi connectivity index (χ2n) is 8.18. The van der Waals surface area contributed by atoms with E-state index in [1.807, 2.05) is 36.7 Å². The molecule has 3 heterocycles. The second-order valence-corrected chi connectivity index (χ2v) is 8.18. The summed E-state index contributed by atoms with van der Waals surface area (Å²) in [7, 11) is 0. The van der Waals surface area contributed by atoms with Crippen molar-refractivity contribution in [2.75, 3.05) is 0 Å². The van der Waals surface area contributed by atoms with Gasteiger partial charge in [0.2, 0.25) is 0 Å². The summed E-state index contributed by atoms with van der Waals surface area (Å²) in [5, 5.41) is 8.87. The molecule has 2 N–H and O–H groups in total. The number of piperidine rings is 1. The maximum Gasteiger partial charge on any atom is 0.274 e. The van der Waals surface area contributed by atoms with Gasteiger partial charge in [0.15, 0.2) is 0 Å². The molecule has 2 atom stereocenters. The number of rotatable bonds is 5. The van der Waals surface area contributed by atoms with E-state index in [9.17, 15) is 4.79 Å². The summed E-state index contributed by atoms with van der Waals surface area (Å²) in [5.74, 6) is -0.506. The lowest BCUT2D eigenvalue weighted by molar-refractivity contribution is 0.0677. The maximum atomic E-state index is 11.7. The molecule has 0 aliphatic carbocycles. The number of hydrogen-bond donors (Lipinski definition) is 2. The summed E-state index contributed by atoms with van der Waals surface area (Å²) < 4.78 is 0. The number of hydroxylamine groups is 1. The van der Waals surface area contributed by atoms with Gasteiger partial charge in [0, 0.05) is 24.5 Å². The van der Waals surface area contributed by atoms with Crippen molar-refractivity contribution in [2.45, 2.75) is 51.7 Å². The zero-order valence-corrected chi connectivity index (χ0v) is 18.0. The fourth-order valence-electron chi connectivity index (χ4n) is 4.59. The van der Waals surface area contributed by atoms with Crippen LogP contribution in [0.1, 0.15) is 69.8 Å². The fourth-order valence-corrected chi connectivity index (χ4v) is 4.59. The largest absolute Gasteiger partial charge is 0.288 e. The number of nitrogens with one attached hydrogen (secondary N) is 1. The highest BCUT2D eigenvalue weighted by Gasteiger charge is 2.35. The third kappa shape index (κ3) is 4.50. The van der Waals surface area contributed by atoms with E-state index in [4.69, 9.17) is 15.2 Å². The Bertz CT molecular complexity index is 998. The van der Waals surface area contributed by atoms with Crippen LogP contribution in [0.5, 0.6) is 0 Å². The van der Waals surface area contributed by atoms with Crippen LogP contribution in [0.25, 0.3) is 0 Å². The van der Waals surface area contributed by atoms with Gasteiger partial charge in [-0.15, -0.1) is 0 Å². The third-order valence-corrected chi connectivity index (χ3v) is 6.17. The van der Waals surface area contributed by atoms with Gasteiger partial charge in [-0.05, 0) is 74.1 Å². The molecule has 1 fully saturated rings. The van der Waals surface area contributed by atoms with Crippen LogP contribution >= 0.6 is 0 Å². The lowest BCUT2D eigenvalue weighted by Crippen LogP contribution is -2.37. The first-order valence-corrected chi connectivity index (χ1v) is 10.7. The van der Waals surface area contributed by atoms with Crippen LogP contribution in [0.4, 0.5) is 0 Å². The fraction of sp³-hybridized carbons (Fsp3) is 0.320. The molecule has 2 aromatic heterocycles. The van der Waals surface area contributed by atoms with Crippen molar-refractivity contribution in [2.24, 2.45) is 0 Å². The Morgan fingerprint density at radius 2 is 1.52 bits per heavy atom. The van der Waals surface area contributed by atoms with E-state index in [0.717, 1.165) is 42.8 Å². The van der Waals surface area contributed by atoms with E-state index in [1.54, 1.807) is 17.6 Å². The average molecular weight is 417 g/mol. The normalized spacial score (nSPS) is 19.2. The predicted molar refractivity (Wildman–Crippen MR) is 119 cm³/mol. The number of carbonyl (C=O) groups excluding carboxylic acids is 1. The van der Waals surface area contributed by atoms with Gasteiger partial charge in [0.25, 0.3) is 5.91 Å². The summed E-state index contributed by atoms with van der Waals surface area (Å²) in [6, 6.07) is 16.0. The molecule has 6 heteroatoms. The molecule has 4 rings (SSSR count). The number of carbonyl (C=O) groups is 1. The van der Waals surface area contributed by atoms with Gasteiger partial charge in [0.05, 0.1) is 23.5 Å². The Hall–Kier alpha value is -3.09. The number of aromatic nitrogens is 2. The van der Waals surface area contributed by atoms with E-state index in [1.165, 1.54) is 11.1 Å². The Labute approximate surface area is 182 Å². The number of nitrogens with zero attached hydrogens (tertiary/aromatic N) is 3. The van der Waals surface area contributed by atoms with E-state index >= 15 is 0 Å². The van der Waals surface area contributed by atoms with Crippen LogP contribution in [0.2, 0.25) is 0 Å². The molecule has 160 valence electrons. The zero-order valence-electron chi connectivity index (χ0n) is 18.0. The van der Waals surface area contributed by atoms with Crippen LogP contribution in [0.15, 0.2) is 60.9 Å². The van der Waals surface area contributed by atoms with Crippen molar-refractivity contribution in [3.05, 3.63) is 94.6 Å². The standard InChI is InChI=1S/C25H28N4O2/c1-17-6-4-14-26-23(17)21-8-3-9-22(24-18(2)7-5-15-27-24)29(21)16-19-10-12-20(13-11-19)25(30)28-31/h4-7,10-15,21-22,31H,3,8-9,16H2,1-2H3,(H,28,30)/t21-,22+. The number of pyridine rings is 2. The van der Waals surface area contributed by atoms with Crippen LogP contribution in [0, 0.1) is 13.8 Å². The van der Waals surface area contributed by atoms with E-state index in [0.29, 0.717) is 5.56 Å². The molecule has 1 aliphatic heterocycles. The highest BCUT2D eigenvalue weighted by atomic mass is 16.5. The lowest BCUT2D eigenvalue weighted by atomic mass is 9.88. The quantitative estimate of drug-likeness (QED) is 0.466. The summed E-state index contributed by atoms with van der Waals surface area (Å²) >= 11 is 0. The second kappa shape index (κ2) is 9.37. The number of likely N-dealkylation sites (tertiary alicyclic amines) is 1. The molecule has 0 unspecified atom stereocenters. The van der Waals surface area contributed by atoms with Crippen molar-refractivity contribution in [3.8, 4) is 0 Å². The van der Waals surface area contributed by atoms with Crippen LogP contribution < -0.4 is 5.48 Å². The van der Waals surface area contributed by atoms with Crippen molar-refractivity contribution in [3.63, 3.8) is 0 Å². The van der Waals surface area contributed by atoms with E-state index in [2.05, 4.69) is 30.9 Å². The van der Waals surface area contributed by atoms with Crippen LogP contribution in [-0.4, -0.2) is 26.0 Å². The minimum absolute atomic E-state index is 0.196. The van der Waals surface area contributed by atoms with Crippen LogP contribution in [0.3, 0.4) is 0 Å². The van der Waals surface area contributed by atoms with Gasteiger partial charge in [-0.1, -0.05) is 24.3 Å². The summed E-state index contributed by atoms with van der Waals surface area (Å²) in [5.41, 5.74) is 7.86. The summed E-state index contributed by atoms with van der Waals surface area (Å²) in [4.78, 5) is 23.7. The molecule has 3 aromatic rings. The molecule has 0 spiro atoms. The van der Waals surface area contributed by atoms with E-state index in [-0.39, 0.29) is 12.1 Å². The number of hydrogen-bond acceptors (Lipinski definition) is 5. The van der Waals surface area contributed by atoms with Crippen LogP contribution in [-0.2, 0) is 6.54 Å². The number of aryl methyl sites for hydroxylation is 2. The Kier molecular flexibility index (Phi) is 6.39. The Morgan fingerprint density at radius 3 is 2.00 bits per heavy atom. The maximum absolute atomic E-state index is 11.7. The lowest BCUT2D eigenvalue weighted by Gasteiger charge is -2.42. The third-order valence-electron chi connectivity index (χ3n) is 6.17. The Balaban J connectivity index is 1.71.